The number of hydrogen-bond donors (Lipinski definition) is 0. The summed E-state index contributed by atoms with van der Waals surface area (Å²) >= 11 is 11.4. The zero-order valence-corrected chi connectivity index (χ0v) is 8.16. The molecule has 0 aliphatic heterocycles. The molecule has 0 N–H and O–H groups in total. The maximum absolute atomic E-state index is 11.8. The van der Waals surface area contributed by atoms with Crippen molar-refractivity contribution in [2.24, 2.45) is 0 Å². The van der Waals surface area contributed by atoms with E-state index in [9.17, 15) is 8.78 Å². The second-order valence-corrected chi connectivity index (χ2v) is 3.14. The first-order chi connectivity index (χ1) is 6.02. The van der Waals surface area contributed by atoms with Crippen LogP contribution in [-0.2, 0) is 0 Å². The van der Waals surface area contributed by atoms with Crippen LogP contribution in [-0.4, -0.2) is 6.61 Å². The molecule has 0 saturated heterocycles. The van der Waals surface area contributed by atoms with Crippen molar-refractivity contribution in [3.05, 3.63) is 27.7 Å². The van der Waals surface area contributed by atoms with E-state index >= 15 is 0 Å². The predicted molar refractivity (Wildman–Crippen MR) is 47.8 cm³/mol. The lowest BCUT2D eigenvalue weighted by atomic mass is 10.2. The number of ether oxygens (including phenoxy) is 1. The van der Waals surface area contributed by atoms with Crippen molar-refractivity contribution in [1.82, 2.24) is 0 Å². The molecule has 0 aliphatic rings. The minimum absolute atomic E-state index is 0.0157. The fourth-order valence-electron chi connectivity index (χ4n) is 0.815. The Morgan fingerprint density at radius 3 is 2.38 bits per heavy atom. The van der Waals surface area contributed by atoms with Crippen LogP contribution in [0.4, 0.5) is 8.78 Å². The van der Waals surface area contributed by atoms with Crippen molar-refractivity contribution in [2.45, 2.75) is 13.5 Å². The van der Waals surface area contributed by atoms with Crippen LogP contribution < -0.4 is 4.74 Å². The van der Waals surface area contributed by atoms with Crippen molar-refractivity contribution in [1.29, 1.82) is 0 Å². The Morgan fingerprint density at radius 2 is 1.85 bits per heavy atom. The molecule has 13 heavy (non-hydrogen) atoms. The highest BCUT2D eigenvalue weighted by molar-refractivity contribution is 6.43. The van der Waals surface area contributed by atoms with Crippen LogP contribution in [0.1, 0.15) is 5.56 Å². The highest BCUT2D eigenvalue weighted by Gasteiger charge is 2.12. The van der Waals surface area contributed by atoms with Crippen LogP contribution in [0, 0.1) is 6.92 Å². The zero-order chi connectivity index (χ0) is 10.0. The molecule has 1 nitrogen and oxygen atoms in total. The van der Waals surface area contributed by atoms with Gasteiger partial charge in [-0.15, -0.1) is 0 Å². The van der Waals surface area contributed by atoms with E-state index in [0.29, 0.717) is 5.56 Å². The van der Waals surface area contributed by atoms with Crippen LogP contribution in [0.5, 0.6) is 5.75 Å². The molecule has 0 aliphatic carbocycles. The molecule has 0 heterocycles. The first kappa shape index (κ1) is 10.5. The van der Waals surface area contributed by atoms with Gasteiger partial charge in [0.25, 0.3) is 0 Å². The molecule has 0 bridgehead atoms. The largest absolute Gasteiger partial charge is 0.433 e. The van der Waals surface area contributed by atoms with Crippen molar-refractivity contribution < 1.29 is 13.5 Å². The number of alkyl halides is 2. The van der Waals surface area contributed by atoms with Gasteiger partial charge in [-0.1, -0.05) is 29.3 Å². The van der Waals surface area contributed by atoms with E-state index in [1.165, 1.54) is 6.07 Å². The Balaban J connectivity index is 3.04. The average Bonchev–Trinajstić information content (AvgIpc) is 2.06. The molecule has 0 spiro atoms. The van der Waals surface area contributed by atoms with Crippen LogP contribution in [0.2, 0.25) is 10.0 Å². The van der Waals surface area contributed by atoms with E-state index in [0.717, 1.165) is 0 Å². The summed E-state index contributed by atoms with van der Waals surface area (Å²) in [5, 5.41) is 0.252. The lowest BCUT2D eigenvalue weighted by Gasteiger charge is -2.08. The molecule has 5 heteroatoms. The number of aryl methyl sites for hydroxylation is 1. The summed E-state index contributed by atoms with van der Waals surface area (Å²) in [6.45, 7) is -1.17. The number of hydrogen-bond acceptors (Lipinski definition) is 1. The summed E-state index contributed by atoms with van der Waals surface area (Å²) < 4.78 is 27.7. The maximum Gasteiger partial charge on any atom is 0.387 e. The van der Waals surface area contributed by atoms with Gasteiger partial charge in [-0.25, -0.2) is 0 Å². The Hall–Kier alpha value is -0.540. The molecule has 0 atom stereocenters. The topological polar surface area (TPSA) is 9.23 Å². The Morgan fingerprint density at radius 1 is 1.23 bits per heavy atom. The Bertz CT molecular complexity index is 315. The summed E-state index contributed by atoms with van der Waals surface area (Å²) in [4.78, 5) is 0. The van der Waals surface area contributed by atoms with Gasteiger partial charge < -0.3 is 4.74 Å². The average molecular weight is 227 g/mol. The van der Waals surface area contributed by atoms with E-state index < -0.39 is 6.61 Å². The van der Waals surface area contributed by atoms with Gasteiger partial charge in [0, 0.05) is 0 Å². The summed E-state index contributed by atoms with van der Waals surface area (Å²) in [5.41, 5.74) is 0.716. The third kappa shape index (κ3) is 2.45. The number of halogens is 4. The van der Waals surface area contributed by atoms with Crippen LogP contribution in [0.25, 0.3) is 0 Å². The number of rotatable bonds is 2. The van der Waals surface area contributed by atoms with Gasteiger partial charge >= 0.3 is 6.61 Å². The van der Waals surface area contributed by atoms with Gasteiger partial charge in [0.15, 0.2) is 0 Å². The molecule has 0 aromatic heterocycles. The van der Waals surface area contributed by atoms with Crippen LogP contribution in [0.15, 0.2) is 12.1 Å². The summed E-state index contributed by atoms with van der Waals surface area (Å²) in [6, 6.07) is 2.92. The van der Waals surface area contributed by atoms with E-state index in [4.69, 9.17) is 23.2 Å². The predicted octanol–water partition coefficient (Wildman–Crippen LogP) is 3.90. The molecular formula is C8H6Cl2F2O. The highest BCUT2D eigenvalue weighted by Crippen LogP contribution is 2.34. The molecule has 72 valence electrons. The quantitative estimate of drug-likeness (QED) is 0.744. The second-order valence-electron chi connectivity index (χ2n) is 2.39. The highest BCUT2D eigenvalue weighted by atomic mass is 35.5. The summed E-state index contributed by atoms with van der Waals surface area (Å²) in [6.07, 6.45) is 0. The van der Waals surface area contributed by atoms with E-state index in [1.807, 2.05) is 0 Å². The molecule has 1 aromatic carbocycles. The molecule has 1 aromatic rings. The SMILES string of the molecule is Cc1ccc(OC(F)F)c(Cl)c1Cl. The van der Waals surface area contributed by atoms with Gasteiger partial charge in [-0.05, 0) is 18.6 Å². The van der Waals surface area contributed by atoms with E-state index in [-0.39, 0.29) is 15.8 Å². The minimum atomic E-state index is -2.89. The van der Waals surface area contributed by atoms with Gasteiger partial charge in [0.1, 0.15) is 10.8 Å². The minimum Gasteiger partial charge on any atom is -0.433 e. The fourth-order valence-corrected chi connectivity index (χ4v) is 1.23. The van der Waals surface area contributed by atoms with E-state index in [1.54, 1.807) is 13.0 Å². The Labute approximate surface area is 84.2 Å². The van der Waals surface area contributed by atoms with Crippen molar-refractivity contribution >= 4 is 23.2 Å². The Kier molecular flexibility index (Phi) is 3.33. The van der Waals surface area contributed by atoms with Gasteiger partial charge in [0.2, 0.25) is 0 Å². The van der Waals surface area contributed by atoms with Crippen LogP contribution >= 0.6 is 23.2 Å². The monoisotopic (exact) mass is 226 g/mol. The summed E-state index contributed by atoms with van der Waals surface area (Å²) in [7, 11) is 0. The van der Waals surface area contributed by atoms with Gasteiger partial charge in [-0.3, -0.25) is 0 Å². The number of benzene rings is 1. The zero-order valence-electron chi connectivity index (χ0n) is 6.65. The third-order valence-corrected chi connectivity index (χ3v) is 2.42. The molecule has 0 fully saturated rings. The van der Waals surface area contributed by atoms with Crippen molar-refractivity contribution in [3.8, 4) is 5.75 Å². The standard InChI is InChI=1S/C8H6Cl2F2O/c1-4-2-3-5(13-8(11)12)7(10)6(4)9/h2-3,8H,1H3. The van der Waals surface area contributed by atoms with Gasteiger partial charge in [-0.2, -0.15) is 8.78 Å². The van der Waals surface area contributed by atoms with Crippen molar-refractivity contribution in [3.63, 3.8) is 0 Å². The van der Waals surface area contributed by atoms with Crippen molar-refractivity contribution in [2.75, 3.05) is 0 Å². The maximum atomic E-state index is 11.8. The second kappa shape index (κ2) is 4.11. The molecule has 0 unspecified atom stereocenters. The molecule has 0 saturated carbocycles. The molecule has 0 radical (unpaired) electrons. The first-order valence-electron chi connectivity index (χ1n) is 3.41. The fraction of sp³-hybridized carbons (Fsp3) is 0.250. The lowest BCUT2D eigenvalue weighted by Crippen LogP contribution is -2.02. The normalized spacial score (nSPS) is 10.6. The smallest absolute Gasteiger partial charge is 0.387 e. The third-order valence-electron chi connectivity index (χ3n) is 1.46. The molecule has 1 rings (SSSR count). The molecular weight excluding hydrogens is 221 g/mol. The van der Waals surface area contributed by atoms with Gasteiger partial charge in [0.05, 0.1) is 5.02 Å². The lowest BCUT2D eigenvalue weighted by molar-refractivity contribution is -0.0497. The van der Waals surface area contributed by atoms with E-state index in [2.05, 4.69) is 4.74 Å². The summed E-state index contributed by atoms with van der Waals surface area (Å²) in [5.74, 6) is -0.104. The first-order valence-corrected chi connectivity index (χ1v) is 4.17. The van der Waals surface area contributed by atoms with Crippen LogP contribution in [0.3, 0.4) is 0 Å². The molecule has 0 amide bonds.